The van der Waals surface area contributed by atoms with Crippen LogP contribution in [0, 0.1) is 0 Å². The Morgan fingerprint density at radius 1 is 1.38 bits per heavy atom. The summed E-state index contributed by atoms with van der Waals surface area (Å²) in [6.45, 7) is 11.5. The first kappa shape index (κ1) is 20.6. The lowest BCUT2D eigenvalue weighted by atomic mass is 10.1. The number of hydrogen-bond acceptors (Lipinski definition) is 6. The maximum Gasteiger partial charge on any atom is 0.147 e. The number of nitrogens with zero attached hydrogens (tertiary/aromatic N) is 3. The molecule has 26 heavy (non-hydrogen) atoms. The normalized spacial score (nSPS) is 18.7. The molecule has 1 saturated heterocycles. The molecule has 1 aliphatic heterocycles. The third kappa shape index (κ3) is 6.92. The molecule has 0 spiro atoms. The molecule has 2 rings (SSSR count). The molecule has 0 aliphatic carbocycles. The molecule has 1 aliphatic rings. The second kappa shape index (κ2) is 11.1. The van der Waals surface area contributed by atoms with Gasteiger partial charge in [-0.3, -0.25) is 4.98 Å². The van der Waals surface area contributed by atoms with Crippen molar-refractivity contribution >= 4 is 11.5 Å². The highest BCUT2D eigenvalue weighted by Crippen LogP contribution is 2.21. The van der Waals surface area contributed by atoms with Gasteiger partial charge in [-0.2, -0.15) is 0 Å². The fourth-order valence-corrected chi connectivity index (χ4v) is 3.27. The smallest absolute Gasteiger partial charge is 0.147 e. The summed E-state index contributed by atoms with van der Waals surface area (Å²) in [7, 11) is 0. The van der Waals surface area contributed by atoms with E-state index in [9.17, 15) is 0 Å². The van der Waals surface area contributed by atoms with E-state index in [-0.39, 0.29) is 12.2 Å². The first-order valence-corrected chi connectivity index (χ1v) is 9.85. The van der Waals surface area contributed by atoms with Crippen molar-refractivity contribution in [2.45, 2.75) is 64.6 Å². The van der Waals surface area contributed by atoms with Crippen molar-refractivity contribution in [3.05, 3.63) is 24.7 Å². The van der Waals surface area contributed by atoms with Gasteiger partial charge in [0, 0.05) is 26.3 Å². The summed E-state index contributed by atoms with van der Waals surface area (Å²) in [5, 5.41) is 0. The van der Waals surface area contributed by atoms with Gasteiger partial charge in [0.2, 0.25) is 0 Å². The molecule has 0 aromatic carbocycles. The standard InChI is InChI=1S/C20H34N4O2/c1-4-25-12-7-5-6-9-16(2)26-18-10-8-11-24(15-18)20-14-22-13-19(23-20)17(3)21/h13-14,16,18H,3-12,15,21H2,1-2H3. The topological polar surface area (TPSA) is 73.5 Å². The Labute approximate surface area is 157 Å². The molecular formula is C20H34N4O2. The minimum Gasteiger partial charge on any atom is -0.397 e. The predicted molar refractivity (Wildman–Crippen MR) is 106 cm³/mol. The average Bonchev–Trinajstić information content (AvgIpc) is 2.65. The van der Waals surface area contributed by atoms with E-state index >= 15 is 0 Å². The number of nitrogens with two attached hydrogens (primary N) is 1. The molecule has 1 aromatic heterocycles. The van der Waals surface area contributed by atoms with Crippen LogP contribution in [0.4, 0.5) is 5.82 Å². The van der Waals surface area contributed by atoms with E-state index in [1.807, 2.05) is 6.92 Å². The molecule has 0 saturated carbocycles. The Bertz CT molecular complexity index is 552. The molecule has 0 amide bonds. The van der Waals surface area contributed by atoms with E-state index in [1.165, 1.54) is 12.8 Å². The number of piperidine rings is 1. The Kier molecular flexibility index (Phi) is 8.85. The van der Waals surface area contributed by atoms with E-state index in [2.05, 4.69) is 28.4 Å². The molecule has 0 bridgehead atoms. The van der Waals surface area contributed by atoms with Gasteiger partial charge >= 0.3 is 0 Å². The highest BCUT2D eigenvalue weighted by atomic mass is 16.5. The van der Waals surface area contributed by atoms with Gasteiger partial charge in [-0.1, -0.05) is 19.4 Å². The van der Waals surface area contributed by atoms with Crippen LogP contribution >= 0.6 is 0 Å². The largest absolute Gasteiger partial charge is 0.397 e. The molecular weight excluding hydrogens is 328 g/mol. The van der Waals surface area contributed by atoms with Crippen molar-refractivity contribution in [1.29, 1.82) is 0 Å². The first-order chi connectivity index (χ1) is 12.6. The van der Waals surface area contributed by atoms with Crippen LogP contribution in [0.25, 0.3) is 5.70 Å². The van der Waals surface area contributed by atoms with E-state index in [0.717, 1.165) is 57.8 Å². The monoisotopic (exact) mass is 362 g/mol. The van der Waals surface area contributed by atoms with Gasteiger partial charge in [0.25, 0.3) is 0 Å². The molecule has 2 unspecified atom stereocenters. The fraction of sp³-hybridized carbons (Fsp3) is 0.700. The quantitative estimate of drug-likeness (QED) is 0.608. The van der Waals surface area contributed by atoms with E-state index in [1.54, 1.807) is 12.4 Å². The van der Waals surface area contributed by atoms with E-state index < -0.39 is 0 Å². The summed E-state index contributed by atoms with van der Waals surface area (Å²) < 4.78 is 11.7. The Morgan fingerprint density at radius 2 is 2.23 bits per heavy atom. The third-order valence-corrected chi connectivity index (χ3v) is 4.68. The second-order valence-corrected chi connectivity index (χ2v) is 6.99. The SMILES string of the molecule is C=C(N)c1cncc(N2CCCC(OC(C)CCCCCOCC)C2)n1. The zero-order valence-corrected chi connectivity index (χ0v) is 16.3. The van der Waals surface area contributed by atoms with Crippen molar-refractivity contribution in [2.24, 2.45) is 5.73 Å². The van der Waals surface area contributed by atoms with Crippen LogP contribution in [-0.4, -0.2) is 48.5 Å². The first-order valence-electron chi connectivity index (χ1n) is 9.85. The zero-order valence-electron chi connectivity index (χ0n) is 16.3. The van der Waals surface area contributed by atoms with Gasteiger partial charge in [-0.15, -0.1) is 0 Å². The van der Waals surface area contributed by atoms with E-state index in [0.29, 0.717) is 11.4 Å². The van der Waals surface area contributed by atoms with Crippen LogP contribution in [-0.2, 0) is 9.47 Å². The van der Waals surface area contributed by atoms with Crippen LogP contribution in [0.5, 0.6) is 0 Å². The van der Waals surface area contributed by atoms with Gasteiger partial charge in [-0.25, -0.2) is 4.98 Å². The average molecular weight is 363 g/mol. The summed E-state index contributed by atoms with van der Waals surface area (Å²) in [5.74, 6) is 0.853. The summed E-state index contributed by atoms with van der Waals surface area (Å²) in [6.07, 6.45) is 10.8. The van der Waals surface area contributed by atoms with Gasteiger partial charge in [0.1, 0.15) is 11.5 Å². The Hall–Kier alpha value is -1.66. The summed E-state index contributed by atoms with van der Waals surface area (Å²) in [6, 6.07) is 0. The third-order valence-electron chi connectivity index (χ3n) is 4.68. The summed E-state index contributed by atoms with van der Waals surface area (Å²) in [4.78, 5) is 11.0. The van der Waals surface area contributed by atoms with Crippen molar-refractivity contribution in [2.75, 3.05) is 31.2 Å². The van der Waals surface area contributed by atoms with Gasteiger partial charge < -0.3 is 20.1 Å². The number of hydrogen-bond donors (Lipinski definition) is 1. The van der Waals surface area contributed by atoms with Gasteiger partial charge in [0.05, 0.1) is 30.3 Å². The minimum atomic E-state index is 0.244. The summed E-state index contributed by atoms with van der Waals surface area (Å²) >= 11 is 0. The molecule has 6 nitrogen and oxygen atoms in total. The molecule has 6 heteroatoms. The lowest BCUT2D eigenvalue weighted by Crippen LogP contribution is -2.41. The maximum atomic E-state index is 6.29. The van der Waals surface area contributed by atoms with Gasteiger partial charge in [-0.05, 0) is 39.5 Å². The van der Waals surface area contributed by atoms with Crippen LogP contribution in [0.15, 0.2) is 19.0 Å². The summed E-state index contributed by atoms with van der Waals surface area (Å²) in [5.41, 5.74) is 6.83. The van der Waals surface area contributed by atoms with Crippen molar-refractivity contribution in [3.8, 4) is 0 Å². The molecule has 0 radical (unpaired) electrons. The van der Waals surface area contributed by atoms with Crippen molar-refractivity contribution in [3.63, 3.8) is 0 Å². The molecule has 2 heterocycles. The molecule has 146 valence electrons. The van der Waals surface area contributed by atoms with Crippen molar-refractivity contribution in [1.82, 2.24) is 9.97 Å². The Morgan fingerprint density at radius 3 is 3.00 bits per heavy atom. The zero-order chi connectivity index (χ0) is 18.8. The fourth-order valence-electron chi connectivity index (χ4n) is 3.27. The van der Waals surface area contributed by atoms with Gasteiger partial charge in [0.15, 0.2) is 0 Å². The molecule has 1 aromatic rings. The number of anilines is 1. The number of ether oxygens (including phenoxy) is 2. The number of rotatable bonds is 11. The lowest BCUT2D eigenvalue weighted by molar-refractivity contribution is -0.0136. The van der Waals surface area contributed by atoms with Crippen LogP contribution in [0.2, 0.25) is 0 Å². The van der Waals surface area contributed by atoms with Crippen LogP contribution in [0.3, 0.4) is 0 Å². The second-order valence-electron chi connectivity index (χ2n) is 6.99. The maximum absolute atomic E-state index is 6.29. The minimum absolute atomic E-state index is 0.244. The van der Waals surface area contributed by atoms with Crippen LogP contribution < -0.4 is 10.6 Å². The van der Waals surface area contributed by atoms with Crippen molar-refractivity contribution < 1.29 is 9.47 Å². The number of aromatic nitrogens is 2. The molecule has 2 atom stereocenters. The lowest BCUT2D eigenvalue weighted by Gasteiger charge is -2.34. The van der Waals surface area contributed by atoms with Crippen LogP contribution in [0.1, 0.15) is 58.1 Å². The highest BCUT2D eigenvalue weighted by Gasteiger charge is 2.23. The predicted octanol–water partition coefficient (Wildman–Crippen LogP) is 3.38. The molecule has 2 N–H and O–H groups in total. The highest BCUT2D eigenvalue weighted by molar-refractivity contribution is 5.57. The Balaban J connectivity index is 1.75. The number of unbranched alkanes of at least 4 members (excludes halogenated alkanes) is 2. The molecule has 1 fully saturated rings. The van der Waals surface area contributed by atoms with E-state index in [4.69, 9.17) is 15.2 Å².